The van der Waals surface area contributed by atoms with Crippen LogP contribution >= 0.6 is 0 Å². The lowest BCUT2D eigenvalue weighted by atomic mass is 10.2. The minimum atomic E-state index is 0.730. The van der Waals surface area contributed by atoms with E-state index in [1.807, 2.05) is 25.4 Å². The second kappa shape index (κ2) is 4.79. The Morgan fingerprint density at radius 1 is 1.31 bits per heavy atom. The van der Waals surface area contributed by atoms with Crippen molar-refractivity contribution in [1.29, 1.82) is 0 Å². The Morgan fingerprint density at radius 2 is 2.19 bits per heavy atom. The maximum absolute atomic E-state index is 5.47. The highest BCUT2D eigenvalue weighted by molar-refractivity contribution is 5.57. The lowest BCUT2D eigenvalue weighted by Gasteiger charge is -2.03. The fourth-order valence-electron chi connectivity index (χ4n) is 1.41. The SMILES string of the molecule is CCCOc1ccc(-c2cnn(C)c2)nc1. The summed E-state index contributed by atoms with van der Waals surface area (Å²) in [5, 5.41) is 4.11. The van der Waals surface area contributed by atoms with E-state index in [0.29, 0.717) is 0 Å². The van der Waals surface area contributed by atoms with Crippen molar-refractivity contribution in [2.75, 3.05) is 6.61 Å². The Kier molecular flexibility index (Phi) is 3.19. The van der Waals surface area contributed by atoms with Gasteiger partial charge in [-0.25, -0.2) is 0 Å². The summed E-state index contributed by atoms with van der Waals surface area (Å²) in [4.78, 5) is 4.34. The van der Waals surface area contributed by atoms with Crippen molar-refractivity contribution in [2.24, 2.45) is 7.05 Å². The summed E-state index contributed by atoms with van der Waals surface area (Å²) in [5.41, 5.74) is 1.93. The fourth-order valence-corrected chi connectivity index (χ4v) is 1.41. The quantitative estimate of drug-likeness (QED) is 0.788. The zero-order valence-electron chi connectivity index (χ0n) is 9.55. The highest BCUT2D eigenvalue weighted by Gasteiger charge is 2.01. The van der Waals surface area contributed by atoms with Crippen molar-refractivity contribution in [2.45, 2.75) is 13.3 Å². The highest BCUT2D eigenvalue weighted by Crippen LogP contribution is 2.18. The molecule has 0 radical (unpaired) electrons. The molecule has 16 heavy (non-hydrogen) atoms. The molecular formula is C12H15N3O. The van der Waals surface area contributed by atoms with E-state index in [9.17, 15) is 0 Å². The summed E-state index contributed by atoms with van der Waals surface area (Å²) >= 11 is 0. The van der Waals surface area contributed by atoms with Crippen molar-refractivity contribution in [3.05, 3.63) is 30.7 Å². The van der Waals surface area contributed by atoms with Crippen molar-refractivity contribution < 1.29 is 4.74 Å². The van der Waals surface area contributed by atoms with E-state index in [2.05, 4.69) is 17.0 Å². The summed E-state index contributed by atoms with van der Waals surface area (Å²) in [5.74, 6) is 0.814. The summed E-state index contributed by atoms with van der Waals surface area (Å²) in [6.45, 7) is 2.81. The minimum absolute atomic E-state index is 0.730. The molecule has 0 unspecified atom stereocenters. The molecule has 0 spiro atoms. The molecule has 0 saturated carbocycles. The van der Waals surface area contributed by atoms with Crippen molar-refractivity contribution in [3.8, 4) is 17.0 Å². The molecule has 0 atom stereocenters. The van der Waals surface area contributed by atoms with Gasteiger partial charge in [-0.15, -0.1) is 0 Å². The maximum Gasteiger partial charge on any atom is 0.137 e. The normalized spacial score (nSPS) is 10.4. The molecule has 0 aliphatic rings. The molecule has 0 fully saturated rings. The molecule has 2 aromatic rings. The van der Waals surface area contributed by atoms with Crippen LogP contribution in [0, 0.1) is 0 Å². The second-order valence-corrected chi connectivity index (χ2v) is 3.63. The molecule has 0 aliphatic carbocycles. The highest BCUT2D eigenvalue weighted by atomic mass is 16.5. The van der Waals surface area contributed by atoms with Crippen molar-refractivity contribution in [3.63, 3.8) is 0 Å². The van der Waals surface area contributed by atoms with Gasteiger partial charge in [0.25, 0.3) is 0 Å². The molecule has 0 aromatic carbocycles. The van der Waals surface area contributed by atoms with Gasteiger partial charge in [0, 0.05) is 18.8 Å². The number of ether oxygens (including phenoxy) is 1. The predicted molar refractivity (Wildman–Crippen MR) is 62.2 cm³/mol. The number of pyridine rings is 1. The maximum atomic E-state index is 5.47. The molecule has 84 valence electrons. The van der Waals surface area contributed by atoms with Crippen LogP contribution in [-0.4, -0.2) is 21.4 Å². The first kappa shape index (κ1) is 10.7. The van der Waals surface area contributed by atoms with Crippen LogP contribution < -0.4 is 4.74 Å². The Balaban J connectivity index is 2.13. The molecule has 4 nitrogen and oxygen atoms in total. The van der Waals surface area contributed by atoms with Gasteiger partial charge in [0.05, 0.1) is 24.7 Å². The van der Waals surface area contributed by atoms with Gasteiger partial charge < -0.3 is 4.74 Å². The summed E-state index contributed by atoms with van der Waals surface area (Å²) in [6.07, 6.45) is 6.49. The third-order valence-corrected chi connectivity index (χ3v) is 2.21. The molecule has 0 amide bonds. The van der Waals surface area contributed by atoms with Gasteiger partial charge in [-0.1, -0.05) is 6.92 Å². The smallest absolute Gasteiger partial charge is 0.137 e. The molecular weight excluding hydrogens is 202 g/mol. The topological polar surface area (TPSA) is 39.9 Å². The molecule has 0 N–H and O–H groups in total. The van der Waals surface area contributed by atoms with Crippen LogP contribution in [0.25, 0.3) is 11.3 Å². The fraction of sp³-hybridized carbons (Fsp3) is 0.333. The molecule has 0 saturated heterocycles. The lowest BCUT2D eigenvalue weighted by molar-refractivity contribution is 0.316. The van der Waals surface area contributed by atoms with E-state index in [1.54, 1.807) is 17.1 Å². The monoisotopic (exact) mass is 217 g/mol. The van der Waals surface area contributed by atoms with Crippen LogP contribution in [0.3, 0.4) is 0 Å². The third-order valence-electron chi connectivity index (χ3n) is 2.21. The van der Waals surface area contributed by atoms with E-state index in [-0.39, 0.29) is 0 Å². The zero-order valence-corrected chi connectivity index (χ0v) is 9.55. The Bertz CT molecular complexity index is 448. The van der Waals surface area contributed by atoms with E-state index in [4.69, 9.17) is 4.74 Å². The molecule has 4 heteroatoms. The number of hydrogen-bond acceptors (Lipinski definition) is 3. The Morgan fingerprint density at radius 3 is 2.75 bits per heavy atom. The first-order valence-electron chi connectivity index (χ1n) is 5.37. The van der Waals surface area contributed by atoms with Gasteiger partial charge in [-0.2, -0.15) is 5.10 Å². The molecule has 0 aliphatic heterocycles. The average molecular weight is 217 g/mol. The molecule has 2 heterocycles. The molecule has 2 aromatic heterocycles. The molecule has 0 bridgehead atoms. The number of rotatable bonds is 4. The van der Waals surface area contributed by atoms with Crippen molar-refractivity contribution >= 4 is 0 Å². The summed E-state index contributed by atoms with van der Waals surface area (Å²) in [7, 11) is 1.89. The number of aryl methyl sites for hydroxylation is 1. The van der Waals surface area contributed by atoms with Gasteiger partial charge >= 0.3 is 0 Å². The average Bonchev–Trinajstić information content (AvgIpc) is 2.74. The summed E-state index contributed by atoms with van der Waals surface area (Å²) in [6, 6.07) is 3.88. The van der Waals surface area contributed by atoms with Crippen LogP contribution in [0.5, 0.6) is 5.75 Å². The second-order valence-electron chi connectivity index (χ2n) is 3.63. The van der Waals surface area contributed by atoms with Gasteiger partial charge in [0.2, 0.25) is 0 Å². The van der Waals surface area contributed by atoms with E-state index >= 15 is 0 Å². The first-order valence-corrected chi connectivity index (χ1v) is 5.37. The van der Waals surface area contributed by atoms with E-state index in [0.717, 1.165) is 30.0 Å². The molecule has 2 rings (SSSR count). The van der Waals surface area contributed by atoms with Crippen molar-refractivity contribution in [1.82, 2.24) is 14.8 Å². The Labute approximate surface area is 94.9 Å². The van der Waals surface area contributed by atoms with E-state index in [1.165, 1.54) is 0 Å². The number of nitrogens with zero attached hydrogens (tertiary/aromatic N) is 3. The standard InChI is InChI=1S/C12H15N3O/c1-3-6-16-11-4-5-12(13-8-11)10-7-14-15(2)9-10/h4-5,7-9H,3,6H2,1-2H3. The Hall–Kier alpha value is -1.84. The number of aromatic nitrogens is 3. The number of hydrogen-bond donors (Lipinski definition) is 0. The lowest BCUT2D eigenvalue weighted by Crippen LogP contribution is -1.95. The van der Waals surface area contributed by atoms with Gasteiger partial charge in [0.15, 0.2) is 0 Å². The first-order chi connectivity index (χ1) is 7.79. The van der Waals surface area contributed by atoms with Crippen LogP contribution in [0.1, 0.15) is 13.3 Å². The summed E-state index contributed by atoms with van der Waals surface area (Å²) < 4.78 is 7.23. The zero-order chi connectivity index (χ0) is 11.4. The third kappa shape index (κ3) is 2.39. The van der Waals surface area contributed by atoms with Gasteiger partial charge in [0.1, 0.15) is 5.75 Å². The van der Waals surface area contributed by atoms with Crippen LogP contribution in [0.2, 0.25) is 0 Å². The minimum Gasteiger partial charge on any atom is -0.492 e. The van der Waals surface area contributed by atoms with Crippen LogP contribution in [-0.2, 0) is 7.05 Å². The largest absolute Gasteiger partial charge is 0.492 e. The van der Waals surface area contributed by atoms with E-state index < -0.39 is 0 Å². The van der Waals surface area contributed by atoms with Gasteiger partial charge in [-0.3, -0.25) is 9.67 Å². The van der Waals surface area contributed by atoms with Crippen LogP contribution in [0.4, 0.5) is 0 Å². The predicted octanol–water partition coefficient (Wildman–Crippen LogP) is 2.27. The van der Waals surface area contributed by atoms with Gasteiger partial charge in [-0.05, 0) is 18.6 Å². The van der Waals surface area contributed by atoms with Crippen LogP contribution in [0.15, 0.2) is 30.7 Å².